The van der Waals surface area contributed by atoms with Gasteiger partial charge in [0.2, 0.25) is 25.2 Å². The highest BCUT2D eigenvalue weighted by Crippen LogP contribution is 2.83. The molecule has 4 aromatic heterocycles. The van der Waals surface area contributed by atoms with Crippen LogP contribution in [0, 0.1) is 5.41 Å². The van der Waals surface area contributed by atoms with Crippen molar-refractivity contribution in [1.29, 1.82) is 0 Å². The molecule has 4 aliphatic heterocycles. The molecule has 0 radical (unpaired) electrons. The van der Waals surface area contributed by atoms with Gasteiger partial charge in [-0.05, 0) is 141 Å². The molecule has 1 aliphatic carbocycles. The van der Waals surface area contributed by atoms with Crippen molar-refractivity contribution in [3.8, 4) is 23.0 Å². The number of para-hydroxylation sites is 3. The second-order valence-corrected chi connectivity index (χ2v) is 48.4. The van der Waals surface area contributed by atoms with Crippen molar-refractivity contribution >= 4 is 102 Å². The first-order valence-electron chi connectivity index (χ1n) is 39.9. The van der Waals surface area contributed by atoms with E-state index >= 15 is 0 Å². The van der Waals surface area contributed by atoms with Crippen LogP contribution < -0.4 is 18.9 Å². The zero-order valence-electron chi connectivity index (χ0n) is 71.7. The lowest BCUT2D eigenvalue weighted by atomic mass is 9.95. The van der Waals surface area contributed by atoms with Gasteiger partial charge in [-0.3, -0.25) is 102 Å². The molecule has 134 heavy (non-hydrogen) atoms. The van der Waals surface area contributed by atoms with E-state index in [1.54, 1.807) is 38.1 Å². The molecule has 5 aliphatic rings. The maximum absolute atomic E-state index is 13.1. The SMILES string of the molecule is CC(=O)OCC(C)(C)C(=O)Oc1ccccc1C1OP(=O)(O)C(O)(Cc2cccnc2)P(=O)(O)O1.CC(C)OC(=O)c1ccc(C2OP(=O)(O)C(O)(Cc3cccnc3)P(=O)(O)O2)c2ccccc12.COC(=O)Oc1c(OC)cccc1C1OP(=O)(O)C(O)(Cc2cccnc2)P(=O)(O)O1.O=C(Oc1ccccc1C1OP(=O)(O)C(O)(Cc2cccnc2)P(=O)(O)O1)OC1CCCCC1. The average Bonchev–Trinajstić information content (AvgIpc) is 0.731. The first-order chi connectivity index (χ1) is 62.8. The molecule has 14 rings (SSSR count). The number of aromatic nitrogens is 4. The molecule has 8 unspecified atom stereocenters. The molecule has 5 fully saturated rings. The minimum atomic E-state index is -5.23. The Labute approximate surface area is 762 Å². The lowest BCUT2D eigenvalue weighted by molar-refractivity contribution is -0.153. The van der Waals surface area contributed by atoms with E-state index in [-0.39, 0.29) is 91.9 Å². The van der Waals surface area contributed by atoms with Crippen molar-refractivity contribution in [2.45, 2.75) is 150 Å². The van der Waals surface area contributed by atoms with E-state index in [1.807, 2.05) is 0 Å². The number of rotatable bonds is 22. The van der Waals surface area contributed by atoms with Crippen LogP contribution in [0.3, 0.4) is 0 Å². The topological polar surface area (TPSA) is 664 Å². The molecule has 0 amide bonds. The van der Waals surface area contributed by atoms with Crippen LogP contribution in [0.15, 0.2) is 201 Å². The number of benzene rings is 5. The van der Waals surface area contributed by atoms with Gasteiger partial charge in [-0.15, -0.1) is 0 Å². The quantitative estimate of drug-likeness (QED) is 0.00985. The number of aliphatic hydroxyl groups is 4. The monoisotopic (exact) mass is 2020 g/mol. The van der Waals surface area contributed by atoms with Crippen molar-refractivity contribution in [3.63, 3.8) is 0 Å². The summed E-state index contributed by atoms with van der Waals surface area (Å²) in [6.45, 7) is 7.27. The molecular formula is C81H92N4O41P8. The van der Waals surface area contributed by atoms with Crippen molar-refractivity contribution in [2.24, 2.45) is 5.41 Å². The van der Waals surface area contributed by atoms with Gasteiger partial charge in [0.05, 0.1) is 48.0 Å². The Bertz CT molecular complexity index is 6080. The van der Waals surface area contributed by atoms with Crippen molar-refractivity contribution in [3.05, 3.63) is 251 Å². The van der Waals surface area contributed by atoms with Gasteiger partial charge in [0.25, 0.3) is 20.3 Å². The Kier molecular flexibility index (Phi) is 33.3. The highest BCUT2D eigenvalue weighted by molar-refractivity contribution is 7.75. The summed E-state index contributed by atoms with van der Waals surface area (Å²) in [4.78, 5) is 160. The molecule has 9 aromatic rings. The second kappa shape index (κ2) is 42.4. The molecule has 0 spiro atoms. The lowest BCUT2D eigenvalue weighted by Crippen LogP contribution is -2.38. The summed E-state index contributed by atoms with van der Waals surface area (Å²) >= 11 is 0. The Morgan fingerprint density at radius 1 is 0.418 bits per heavy atom. The predicted octanol–water partition coefficient (Wildman–Crippen LogP) is 13.8. The third-order valence-corrected chi connectivity index (χ3v) is 38.9. The van der Waals surface area contributed by atoms with Gasteiger partial charge in [0.1, 0.15) is 24.2 Å². The standard InChI is InChI=1S/C22H23NO9P2.C21H25NO11P2.C21H25NO10P2.C17H19NO11P2/c1-14(2)30-20(24)18-9-10-19(17-8-4-3-7-16(17)18)21-31-33(26,27)22(25,34(28,29)32-21)12-15-6-5-11-23-13-15;1-14(23)30-13-20(2,3)19(24)31-17-9-5-4-8-16(17)18-32-34(26,27)21(25,35(28,29)33-18)11-15-7-6-10-22-12-15;23-20(29-16-8-2-1-3-9-16)30-18-11-5-4-10-17(18)19-31-33(25,26)21(24,34(27,28)32-19)13-15-7-6-12-22-14-15;1-25-13-7-3-6-12(14(13)27-16(19)26-2)15-28-30(21,22)17(20,31(23,24)29-15)9-11-5-4-8-18-10-11/h3-11,13-14,21,25H,12H2,1-2H3,(H,26,27)(H,28,29);4-10,12,18,25H,11,13H2,1-3H3,(H,26,27)(H,28,29);4-7,10-12,14,16,19,24H,1-3,8-9,13H2,(H,25,26)(H,27,28);3-8,10,15,20H,9H2,1-2H3,(H,21,22)(H,23,24). The van der Waals surface area contributed by atoms with Gasteiger partial charge in [-0.1, -0.05) is 103 Å². The number of hydrogen-bond acceptors (Lipinski definition) is 37. The van der Waals surface area contributed by atoms with Gasteiger partial charge in [-0.2, -0.15) is 0 Å². The number of nitrogens with zero attached hydrogens (tertiary/aromatic N) is 4. The Morgan fingerprint density at radius 3 is 1.13 bits per heavy atom. The van der Waals surface area contributed by atoms with E-state index in [2.05, 4.69) is 24.7 Å². The molecule has 45 nitrogen and oxygen atoms in total. The van der Waals surface area contributed by atoms with Crippen LogP contribution in [0.2, 0.25) is 0 Å². The summed E-state index contributed by atoms with van der Waals surface area (Å²) in [5.74, 6) is -2.69. The number of pyridine rings is 4. The molecule has 53 heteroatoms. The first kappa shape index (κ1) is 105. The van der Waals surface area contributed by atoms with E-state index < -0.39 is 168 Å². The van der Waals surface area contributed by atoms with E-state index in [0.717, 1.165) is 39.2 Å². The number of esters is 3. The zero-order chi connectivity index (χ0) is 98.1. The molecular weight excluding hydrogens is 1930 g/mol. The highest BCUT2D eigenvalue weighted by atomic mass is 31.3. The fraction of sp³-hybridized carbons (Fsp3) is 0.346. The van der Waals surface area contributed by atoms with Crippen LogP contribution >= 0.6 is 60.8 Å². The normalized spacial score (nSPS) is 30.1. The number of methoxy groups -OCH3 is 2. The Morgan fingerprint density at radius 2 is 0.769 bits per heavy atom. The smallest absolute Gasteiger partial charge is 0.493 e. The minimum Gasteiger partial charge on any atom is -0.493 e. The zero-order valence-corrected chi connectivity index (χ0v) is 78.8. The van der Waals surface area contributed by atoms with E-state index in [1.165, 1.54) is 205 Å². The molecule has 8 atom stereocenters. The predicted molar refractivity (Wildman–Crippen MR) is 463 cm³/mol. The molecule has 12 N–H and O–H groups in total. The minimum absolute atomic E-state index is 0.0214. The van der Waals surface area contributed by atoms with E-state index in [4.69, 9.17) is 69.3 Å². The Balaban J connectivity index is 0.000000172. The van der Waals surface area contributed by atoms with E-state index in [9.17, 15) is 120 Å². The van der Waals surface area contributed by atoms with Gasteiger partial charge < -0.3 is 97.5 Å². The largest absolute Gasteiger partial charge is 0.514 e. The maximum Gasteiger partial charge on any atom is 0.514 e. The summed E-state index contributed by atoms with van der Waals surface area (Å²) in [5.41, 5.74) is -0.562. The van der Waals surface area contributed by atoms with Crippen molar-refractivity contribution < 1.29 is 194 Å². The summed E-state index contributed by atoms with van der Waals surface area (Å²) in [7, 11) is -39.3. The van der Waals surface area contributed by atoms with Crippen LogP contribution in [-0.4, -0.2) is 163 Å². The highest BCUT2D eigenvalue weighted by Gasteiger charge is 2.71. The Hall–Kier alpha value is -9.25. The number of hydrogen-bond donors (Lipinski definition) is 12. The van der Waals surface area contributed by atoms with Gasteiger partial charge in [0, 0.05) is 87.7 Å². The second-order valence-electron chi connectivity index (χ2n) is 31.1. The maximum atomic E-state index is 13.1. The molecule has 4 saturated heterocycles. The summed E-state index contributed by atoms with van der Waals surface area (Å²) < 4.78 is 186. The summed E-state index contributed by atoms with van der Waals surface area (Å²) in [6.07, 6.45) is 1.94. The van der Waals surface area contributed by atoms with E-state index in [0.29, 0.717) is 10.8 Å². The van der Waals surface area contributed by atoms with Crippen molar-refractivity contribution in [1.82, 2.24) is 19.9 Å². The summed E-state index contributed by atoms with van der Waals surface area (Å²) in [6, 6.07) is 36.4. The first-order valence-corrected chi connectivity index (χ1v) is 52.5. The van der Waals surface area contributed by atoms with Gasteiger partial charge in [-0.25, -0.2) is 14.4 Å². The van der Waals surface area contributed by atoms with Crippen LogP contribution in [0.1, 0.15) is 147 Å². The fourth-order valence-electron chi connectivity index (χ4n) is 13.4. The number of fused-ring (bicyclic) bond motifs is 1. The average molecular weight is 2030 g/mol. The molecule has 5 aromatic carbocycles. The number of carbonyl (C=O) groups is 5. The molecule has 8 heterocycles. The molecule has 1 saturated carbocycles. The van der Waals surface area contributed by atoms with Crippen LogP contribution in [0.4, 0.5) is 9.59 Å². The van der Waals surface area contributed by atoms with Crippen LogP contribution in [0.25, 0.3) is 10.8 Å². The molecule has 0 bridgehead atoms. The molecule has 722 valence electrons. The van der Waals surface area contributed by atoms with Crippen molar-refractivity contribution in [2.75, 3.05) is 20.8 Å². The summed E-state index contributed by atoms with van der Waals surface area (Å²) in [5, 5.41) is 31.6. The number of carbonyl (C=O) groups excluding carboxylic acids is 5. The third kappa shape index (κ3) is 23.4. The lowest BCUT2D eigenvalue weighted by Gasteiger charge is -2.41. The fourth-order valence-corrected chi connectivity index (χ4v) is 27.7. The van der Waals surface area contributed by atoms with Crippen LogP contribution in [-0.2, 0) is 127 Å². The van der Waals surface area contributed by atoms with Gasteiger partial charge in [0.15, 0.2) is 11.5 Å². The number of ether oxygens (including phenoxy) is 8. The third-order valence-electron chi connectivity index (χ3n) is 20.5. The van der Waals surface area contributed by atoms with Gasteiger partial charge >= 0.3 is 91.0 Å². The van der Waals surface area contributed by atoms with Crippen LogP contribution in [0.5, 0.6) is 23.0 Å².